The maximum absolute atomic E-state index is 11.9. The molecule has 2 aromatic rings. The van der Waals surface area contributed by atoms with E-state index in [2.05, 4.69) is 10.3 Å². The minimum Gasteiger partial charge on any atom is -0.454 e. The van der Waals surface area contributed by atoms with Gasteiger partial charge in [-0.1, -0.05) is 29.3 Å². The van der Waals surface area contributed by atoms with E-state index in [9.17, 15) is 9.59 Å². The molecule has 130 valence electrons. The standard InChI is InChI=1S/C16H12Cl2N2O5/c17-10-2-4-13(18)20-15(10)16(22)23-7-14(21)19-6-9-1-3-11-12(5-9)25-8-24-11/h1-5H,6-8H2,(H,19,21). The Kier molecular flexibility index (Phi) is 5.25. The van der Waals surface area contributed by atoms with E-state index in [-0.39, 0.29) is 29.2 Å². The number of esters is 1. The molecule has 0 saturated carbocycles. The van der Waals surface area contributed by atoms with E-state index in [0.29, 0.717) is 11.5 Å². The first-order chi connectivity index (χ1) is 12.0. The molecule has 1 amide bonds. The molecule has 0 aliphatic carbocycles. The number of aromatic nitrogens is 1. The molecule has 0 fully saturated rings. The highest BCUT2D eigenvalue weighted by atomic mass is 35.5. The van der Waals surface area contributed by atoms with Crippen molar-refractivity contribution in [1.29, 1.82) is 0 Å². The number of ether oxygens (including phenoxy) is 3. The van der Waals surface area contributed by atoms with Crippen LogP contribution in [0.5, 0.6) is 11.5 Å². The minimum atomic E-state index is -0.828. The monoisotopic (exact) mass is 382 g/mol. The second-order valence-corrected chi connectivity index (χ2v) is 5.80. The molecule has 0 atom stereocenters. The van der Waals surface area contributed by atoms with E-state index >= 15 is 0 Å². The number of rotatable bonds is 5. The Hall–Kier alpha value is -2.51. The summed E-state index contributed by atoms with van der Waals surface area (Å²) < 4.78 is 15.4. The predicted octanol–water partition coefficient (Wildman–Crippen LogP) is 2.59. The van der Waals surface area contributed by atoms with Gasteiger partial charge in [0.15, 0.2) is 23.8 Å². The lowest BCUT2D eigenvalue weighted by atomic mass is 10.2. The van der Waals surface area contributed by atoms with Crippen molar-refractivity contribution in [3.05, 3.63) is 51.8 Å². The van der Waals surface area contributed by atoms with Crippen LogP contribution in [0.1, 0.15) is 16.1 Å². The summed E-state index contributed by atoms with van der Waals surface area (Å²) in [4.78, 5) is 27.5. The van der Waals surface area contributed by atoms with E-state index < -0.39 is 18.5 Å². The summed E-state index contributed by atoms with van der Waals surface area (Å²) in [6.07, 6.45) is 0. The van der Waals surface area contributed by atoms with Gasteiger partial charge in [-0.25, -0.2) is 9.78 Å². The Morgan fingerprint density at radius 3 is 2.80 bits per heavy atom. The zero-order valence-corrected chi connectivity index (χ0v) is 14.3. The Morgan fingerprint density at radius 2 is 1.96 bits per heavy atom. The molecule has 1 aromatic carbocycles. The van der Waals surface area contributed by atoms with Crippen LogP contribution in [0.25, 0.3) is 0 Å². The number of nitrogens with one attached hydrogen (secondary N) is 1. The van der Waals surface area contributed by atoms with Crippen LogP contribution < -0.4 is 14.8 Å². The summed E-state index contributed by atoms with van der Waals surface area (Å²) in [5.41, 5.74) is 0.682. The number of halogens is 2. The third kappa shape index (κ3) is 4.32. The van der Waals surface area contributed by atoms with Gasteiger partial charge in [-0.2, -0.15) is 0 Å². The van der Waals surface area contributed by atoms with Crippen LogP contribution in [0.2, 0.25) is 10.2 Å². The molecule has 1 aliphatic rings. The average molecular weight is 383 g/mol. The average Bonchev–Trinajstić information content (AvgIpc) is 3.07. The molecule has 0 radical (unpaired) electrons. The Morgan fingerprint density at radius 1 is 1.16 bits per heavy atom. The number of nitrogens with zero attached hydrogens (tertiary/aromatic N) is 1. The van der Waals surface area contributed by atoms with E-state index in [1.54, 1.807) is 18.2 Å². The van der Waals surface area contributed by atoms with Gasteiger partial charge in [0, 0.05) is 6.54 Å². The van der Waals surface area contributed by atoms with Gasteiger partial charge in [-0.05, 0) is 29.8 Å². The molecule has 1 aromatic heterocycles. The number of carbonyl (C=O) groups is 2. The second-order valence-electron chi connectivity index (χ2n) is 5.00. The smallest absolute Gasteiger partial charge is 0.359 e. The van der Waals surface area contributed by atoms with Gasteiger partial charge in [0.1, 0.15) is 5.15 Å². The minimum absolute atomic E-state index is 0.0927. The fourth-order valence-corrected chi connectivity index (χ4v) is 2.39. The quantitative estimate of drug-likeness (QED) is 0.631. The zero-order valence-electron chi connectivity index (χ0n) is 12.8. The molecule has 1 N–H and O–H groups in total. The first kappa shape index (κ1) is 17.3. The number of carbonyl (C=O) groups excluding carboxylic acids is 2. The van der Waals surface area contributed by atoms with Crippen molar-refractivity contribution in [2.24, 2.45) is 0 Å². The van der Waals surface area contributed by atoms with Crippen molar-refractivity contribution in [2.45, 2.75) is 6.54 Å². The van der Waals surface area contributed by atoms with Crippen LogP contribution in [0.4, 0.5) is 0 Å². The maximum Gasteiger partial charge on any atom is 0.359 e. The van der Waals surface area contributed by atoms with Crippen LogP contribution in [0.15, 0.2) is 30.3 Å². The molecule has 3 rings (SSSR count). The molecule has 2 heterocycles. The van der Waals surface area contributed by atoms with Gasteiger partial charge in [-0.15, -0.1) is 0 Å². The topological polar surface area (TPSA) is 86.8 Å². The molecule has 9 heteroatoms. The lowest BCUT2D eigenvalue weighted by Crippen LogP contribution is -2.28. The van der Waals surface area contributed by atoms with Gasteiger partial charge in [0.05, 0.1) is 5.02 Å². The fraction of sp³-hybridized carbons (Fsp3) is 0.188. The van der Waals surface area contributed by atoms with Crippen LogP contribution >= 0.6 is 23.2 Å². The number of amides is 1. The highest BCUT2D eigenvalue weighted by Gasteiger charge is 2.17. The molecule has 1 aliphatic heterocycles. The normalized spacial score (nSPS) is 11.9. The molecule has 0 spiro atoms. The highest BCUT2D eigenvalue weighted by molar-refractivity contribution is 6.34. The first-order valence-electron chi connectivity index (χ1n) is 7.17. The maximum atomic E-state index is 11.9. The summed E-state index contributed by atoms with van der Waals surface area (Å²) in [6.45, 7) is -0.0295. The lowest BCUT2D eigenvalue weighted by Gasteiger charge is -2.08. The largest absolute Gasteiger partial charge is 0.454 e. The summed E-state index contributed by atoms with van der Waals surface area (Å²) in [6, 6.07) is 8.20. The van der Waals surface area contributed by atoms with E-state index in [4.69, 9.17) is 37.4 Å². The Labute approximate surface area is 152 Å². The van der Waals surface area contributed by atoms with Gasteiger partial charge in [0.25, 0.3) is 5.91 Å². The van der Waals surface area contributed by atoms with Gasteiger partial charge < -0.3 is 19.5 Å². The van der Waals surface area contributed by atoms with Gasteiger partial charge in [0.2, 0.25) is 6.79 Å². The van der Waals surface area contributed by atoms with E-state index in [0.717, 1.165) is 5.56 Å². The van der Waals surface area contributed by atoms with E-state index in [1.807, 2.05) is 0 Å². The van der Waals surface area contributed by atoms with Gasteiger partial charge in [-0.3, -0.25) is 4.79 Å². The zero-order chi connectivity index (χ0) is 17.8. The lowest BCUT2D eigenvalue weighted by molar-refractivity contribution is -0.124. The van der Waals surface area contributed by atoms with E-state index in [1.165, 1.54) is 12.1 Å². The summed E-state index contributed by atoms with van der Waals surface area (Å²) in [5, 5.41) is 2.82. The molecule has 7 nitrogen and oxygen atoms in total. The third-order valence-electron chi connectivity index (χ3n) is 3.27. The van der Waals surface area contributed by atoms with Crippen molar-refractivity contribution in [3.63, 3.8) is 0 Å². The molecule has 0 saturated heterocycles. The van der Waals surface area contributed by atoms with Crippen molar-refractivity contribution in [3.8, 4) is 11.5 Å². The molecular weight excluding hydrogens is 371 g/mol. The van der Waals surface area contributed by atoms with Crippen molar-refractivity contribution in [2.75, 3.05) is 13.4 Å². The van der Waals surface area contributed by atoms with Gasteiger partial charge >= 0.3 is 5.97 Å². The molecule has 25 heavy (non-hydrogen) atoms. The number of hydrogen-bond donors (Lipinski definition) is 1. The molecule has 0 bridgehead atoms. The van der Waals surface area contributed by atoms with Crippen LogP contribution in [0.3, 0.4) is 0 Å². The Balaban J connectivity index is 1.49. The first-order valence-corrected chi connectivity index (χ1v) is 7.93. The summed E-state index contributed by atoms with van der Waals surface area (Å²) >= 11 is 11.6. The molecule has 0 unspecified atom stereocenters. The second kappa shape index (κ2) is 7.58. The summed E-state index contributed by atoms with van der Waals surface area (Å²) in [7, 11) is 0. The fourth-order valence-electron chi connectivity index (χ4n) is 2.06. The summed E-state index contributed by atoms with van der Waals surface area (Å²) in [5.74, 6) is -0.00958. The SMILES string of the molecule is O=C(COC(=O)c1nc(Cl)ccc1Cl)NCc1ccc2c(c1)OCO2. The number of benzene rings is 1. The Bertz CT molecular complexity index is 828. The van der Waals surface area contributed by atoms with Crippen LogP contribution in [-0.2, 0) is 16.1 Å². The molecular formula is C16H12Cl2N2O5. The van der Waals surface area contributed by atoms with Crippen molar-refractivity contribution in [1.82, 2.24) is 10.3 Å². The number of pyridine rings is 1. The third-order valence-corrected chi connectivity index (χ3v) is 3.78. The van der Waals surface area contributed by atoms with Crippen molar-refractivity contribution >= 4 is 35.1 Å². The van der Waals surface area contributed by atoms with Crippen molar-refractivity contribution < 1.29 is 23.8 Å². The van der Waals surface area contributed by atoms with Crippen LogP contribution in [0, 0.1) is 0 Å². The highest BCUT2D eigenvalue weighted by Crippen LogP contribution is 2.32. The van der Waals surface area contributed by atoms with Crippen LogP contribution in [-0.4, -0.2) is 30.3 Å². The number of hydrogen-bond acceptors (Lipinski definition) is 6. The number of fused-ring (bicyclic) bond motifs is 1. The predicted molar refractivity (Wildman–Crippen MR) is 89.0 cm³/mol.